The van der Waals surface area contributed by atoms with E-state index in [2.05, 4.69) is 34.6 Å². The average Bonchev–Trinajstić information content (AvgIpc) is 3.43. The van der Waals surface area contributed by atoms with Crippen LogP contribution in [0.15, 0.2) is 35.7 Å². The number of amides is 1. The number of thiophene rings is 1. The van der Waals surface area contributed by atoms with Crippen molar-refractivity contribution in [1.29, 1.82) is 0 Å². The zero-order valence-corrected chi connectivity index (χ0v) is 25.5. The van der Waals surface area contributed by atoms with Crippen molar-refractivity contribution in [3.05, 3.63) is 51.7 Å². The molecule has 3 rings (SSSR count). The molecule has 210 valence electrons. The van der Waals surface area contributed by atoms with Crippen LogP contribution >= 0.6 is 11.3 Å². The second-order valence-corrected chi connectivity index (χ2v) is 13.8. The third kappa shape index (κ3) is 6.26. The van der Waals surface area contributed by atoms with Crippen molar-refractivity contribution in [3.63, 3.8) is 0 Å². The Morgan fingerprint density at radius 3 is 2.29 bits per heavy atom. The highest BCUT2D eigenvalue weighted by Crippen LogP contribution is 2.52. The monoisotopic (exact) mass is 543 g/mol. The maximum atomic E-state index is 14.6. The van der Waals surface area contributed by atoms with Gasteiger partial charge in [-0.25, -0.2) is 4.79 Å². The van der Waals surface area contributed by atoms with Crippen molar-refractivity contribution in [2.24, 2.45) is 11.8 Å². The number of methoxy groups -OCH3 is 2. The number of likely N-dealkylation sites (tertiary alicyclic amines) is 1. The summed E-state index contributed by atoms with van der Waals surface area (Å²) in [6.45, 7) is 16.6. The van der Waals surface area contributed by atoms with Gasteiger partial charge in [-0.2, -0.15) is 0 Å². The van der Waals surface area contributed by atoms with E-state index in [1.807, 2.05) is 61.4 Å². The first kappa shape index (κ1) is 30.2. The summed E-state index contributed by atoms with van der Waals surface area (Å²) in [6, 6.07) is 9.35. The van der Waals surface area contributed by atoms with E-state index < -0.39 is 11.1 Å². The fourth-order valence-electron chi connectivity index (χ4n) is 5.70. The number of hydrogen-bond acceptors (Lipinski definition) is 6. The maximum absolute atomic E-state index is 14.6. The van der Waals surface area contributed by atoms with Gasteiger partial charge in [0.05, 0.1) is 19.8 Å². The summed E-state index contributed by atoms with van der Waals surface area (Å²) < 4.78 is 17.4. The minimum absolute atomic E-state index is 0.0652. The molecule has 0 radical (unpaired) electrons. The predicted molar refractivity (Wildman–Crippen MR) is 153 cm³/mol. The Hall–Kier alpha value is -2.38. The molecule has 1 aliphatic rings. The van der Waals surface area contributed by atoms with Crippen molar-refractivity contribution in [2.45, 2.75) is 90.8 Å². The molecule has 6 nitrogen and oxygen atoms in total. The first-order chi connectivity index (χ1) is 17.6. The average molecular weight is 544 g/mol. The van der Waals surface area contributed by atoms with Crippen molar-refractivity contribution in [2.75, 3.05) is 20.8 Å². The smallest absolute Gasteiger partial charge is 0.332 e. The molecule has 3 atom stereocenters. The zero-order chi connectivity index (χ0) is 28.5. The van der Waals surface area contributed by atoms with Gasteiger partial charge in [-0.15, -0.1) is 11.3 Å². The highest BCUT2D eigenvalue weighted by atomic mass is 32.1. The SMILES string of the molecule is COC[C@H]1C[C@@](CC(C)C)(C(=O)OC(C)(C)C)N(C(=O)c2ccc(C(C)(C)C)c(OC)c2)[C@H]1c1cccs1. The van der Waals surface area contributed by atoms with Crippen LogP contribution in [0.25, 0.3) is 0 Å². The number of hydrogen-bond donors (Lipinski definition) is 0. The Balaban J connectivity index is 2.25. The van der Waals surface area contributed by atoms with E-state index in [1.54, 1.807) is 25.6 Å². The lowest BCUT2D eigenvalue weighted by molar-refractivity contribution is -0.168. The number of carbonyl (C=O) groups excluding carboxylic acids is 2. The molecule has 0 bridgehead atoms. The molecule has 0 N–H and O–H groups in total. The number of rotatable bonds is 8. The Kier molecular flexibility index (Phi) is 9.04. The van der Waals surface area contributed by atoms with Gasteiger partial charge in [0.1, 0.15) is 16.9 Å². The van der Waals surface area contributed by atoms with E-state index >= 15 is 0 Å². The van der Waals surface area contributed by atoms with Crippen LogP contribution in [-0.2, 0) is 19.7 Å². The standard InChI is InChI=1S/C31H45NO5S/c1-20(2)17-31(28(34)37-30(6,7)8)18-22(19-35-9)26(25-12-11-15-38-25)32(31)27(33)21-13-14-23(29(3,4)5)24(16-21)36-10/h11-16,20,22,26H,17-19H2,1-10H3/t22-,26-,31+/m1/s1. The molecule has 0 unspecified atom stereocenters. The third-order valence-electron chi connectivity index (χ3n) is 7.00. The molecule has 1 aromatic carbocycles. The van der Waals surface area contributed by atoms with E-state index in [0.29, 0.717) is 30.8 Å². The van der Waals surface area contributed by atoms with Gasteiger partial charge in [0.2, 0.25) is 0 Å². The normalized spacial score (nSPS) is 22.1. The van der Waals surface area contributed by atoms with Crippen LogP contribution in [0.5, 0.6) is 5.75 Å². The quantitative estimate of drug-likeness (QED) is 0.335. The summed E-state index contributed by atoms with van der Waals surface area (Å²) in [6.07, 6.45) is 0.965. The molecular weight excluding hydrogens is 498 g/mol. The van der Waals surface area contributed by atoms with Gasteiger partial charge in [0.15, 0.2) is 0 Å². The van der Waals surface area contributed by atoms with Crippen LogP contribution in [0.1, 0.15) is 95.1 Å². The van der Waals surface area contributed by atoms with E-state index in [-0.39, 0.29) is 35.2 Å². The molecule has 2 heterocycles. The number of carbonyl (C=O) groups is 2. The van der Waals surface area contributed by atoms with Crippen molar-refractivity contribution < 1.29 is 23.8 Å². The fourth-order valence-corrected chi connectivity index (χ4v) is 6.61. The highest BCUT2D eigenvalue weighted by molar-refractivity contribution is 7.10. The summed E-state index contributed by atoms with van der Waals surface area (Å²) >= 11 is 1.60. The Morgan fingerprint density at radius 1 is 1.11 bits per heavy atom. The van der Waals surface area contributed by atoms with Crippen LogP contribution in [0.3, 0.4) is 0 Å². The van der Waals surface area contributed by atoms with Gasteiger partial charge in [-0.3, -0.25) is 4.79 Å². The third-order valence-corrected chi connectivity index (χ3v) is 7.94. The molecule has 1 amide bonds. The highest BCUT2D eigenvalue weighted by Gasteiger charge is 2.60. The molecule has 1 aromatic heterocycles. The Bertz CT molecular complexity index is 1110. The van der Waals surface area contributed by atoms with Crippen LogP contribution in [0.2, 0.25) is 0 Å². The summed E-state index contributed by atoms with van der Waals surface area (Å²) in [5.41, 5.74) is -0.462. The van der Waals surface area contributed by atoms with Crippen molar-refractivity contribution >= 4 is 23.2 Å². The van der Waals surface area contributed by atoms with Crippen molar-refractivity contribution in [3.8, 4) is 5.75 Å². The van der Waals surface area contributed by atoms with E-state index in [1.165, 1.54) is 0 Å². The topological polar surface area (TPSA) is 65.1 Å². The molecule has 7 heteroatoms. The minimum Gasteiger partial charge on any atom is -0.496 e. The lowest BCUT2D eigenvalue weighted by atomic mass is 9.83. The molecule has 0 aliphatic carbocycles. The fraction of sp³-hybridized carbons (Fsp3) is 0.613. The minimum atomic E-state index is -1.13. The molecule has 0 saturated carbocycles. The van der Waals surface area contributed by atoms with Gasteiger partial charge in [0.25, 0.3) is 5.91 Å². The molecule has 0 spiro atoms. The summed E-state index contributed by atoms with van der Waals surface area (Å²) in [7, 11) is 3.30. The first-order valence-electron chi connectivity index (χ1n) is 13.4. The first-order valence-corrected chi connectivity index (χ1v) is 14.3. The van der Waals surface area contributed by atoms with Crippen LogP contribution in [-0.4, -0.2) is 48.7 Å². The number of esters is 1. The van der Waals surface area contributed by atoms with E-state index in [4.69, 9.17) is 14.2 Å². The molecule has 1 saturated heterocycles. The Labute approximate surface area is 232 Å². The van der Waals surface area contributed by atoms with Crippen LogP contribution in [0, 0.1) is 11.8 Å². The predicted octanol–water partition coefficient (Wildman–Crippen LogP) is 7.03. The lowest BCUT2D eigenvalue weighted by Gasteiger charge is -2.41. The van der Waals surface area contributed by atoms with Gasteiger partial charge < -0.3 is 19.1 Å². The van der Waals surface area contributed by atoms with E-state index in [9.17, 15) is 9.59 Å². The largest absolute Gasteiger partial charge is 0.496 e. The number of benzene rings is 1. The summed E-state index contributed by atoms with van der Waals surface area (Å²) in [5, 5.41) is 2.01. The molecule has 38 heavy (non-hydrogen) atoms. The van der Waals surface area contributed by atoms with Crippen molar-refractivity contribution in [1.82, 2.24) is 4.90 Å². The lowest BCUT2D eigenvalue weighted by Crippen LogP contribution is -2.56. The van der Waals surface area contributed by atoms with Gasteiger partial charge in [-0.1, -0.05) is 46.8 Å². The van der Waals surface area contributed by atoms with Crippen LogP contribution in [0.4, 0.5) is 0 Å². The molecular formula is C31H45NO5S. The van der Waals surface area contributed by atoms with Gasteiger partial charge in [-0.05, 0) is 74.1 Å². The van der Waals surface area contributed by atoms with Gasteiger partial charge in [0, 0.05) is 23.5 Å². The van der Waals surface area contributed by atoms with Gasteiger partial charge >= 0.3 is 5.97 Å². The van der Waals surface area contributed by atoms with Crippen LogP contribution < -0.4 is 4.74 Å². The summed E-state index contributed by atoms with van der Waals surface area (Å²) in [4.78, 5) is 31.6. The number of ether oxygens (including phenoxy) is 3. The molecule has 2 aromatic rings. The second kappa shape index (κ2) is 11.4. The Morgan fingerprint density at radius 2 is 1.79 bits per heavy atom. The summed E-state index contributed by atoms with van der Waals surface area (Å²) in [5.74, 6) is 0.193. The molecule has 1 fully saturated rings. The van der Waals surface area contributed by atoms with E-state index in [0.717, 1.165) is 10.4 Å². The zero-order valence-electron chi connectivity index (χ0n) is 24.7. The molecule has 1 aliphatic heterocycles. The second-order valence-electron chi connectivity index (χ2n) is 12.9. The number of nitrogens with zero attached hydrogens (tertiary/aromatic N) is 1. The maximum Gasteiger partial charge on any atom is 0.332 e.